The first-order valence-electron chi connectivity index (χ1n) is 7.13. The van der Waals surface area contributed by atoms with Crippen molar-refractivity contribution in [3.05, 3.63) is 78.5 Å². The zero-order chi connectivity index (χ0) is 15.9. The molecule has 0 radical (unpaired) electrons. The first-order chi connectivity index (χ1) is 11.3. The molecular formula is C17H15N5O. The largest absolute Gasteiger partial charge is 0.348 e. The molecule has 3 aromatic heterocycles. The van der Waals surface area contributed by atoms with E-state index in [1.807, 2.05) is 36.5 Å². The smallest absolute Gasteiger partial charge is 0.244 e. The van der Waals surface area contributed by atoms with Crippen LogP contribution >= 0.6 is 0 Å². The fourth-order valence-electron chi connectivity index (χ4n) is 2.06. The zero-order valence-electron chi connectivity index (χ0n) is 12.3. The average molecular weight is 305 g/mol. The number of hydrogen-bond donors (Lipinski definition) is 1. The van der Waals surface area contributed by atoms with E-state index in [4.69, 9.17) is 0 Å². The van der Waals surface area contributed by atoms with Crippen LogP contribution in [0, 0.1) is 0 Å². The molecule has 3 aromatic rings. The normalized spacial score (nSPS) is 10.8. The van der Waals surface area contributed by atoms with Crippen molar-refractivity contribution >= 4 is 12.0 Å². The van der Waals surface area contributed by atoms with E-state index in [2.05, 4.69) is 20.4 Å². The Hall–Kier alpha value is -3.28. The van der Waals surface area contributed by atoms with Gasteiger partial charge in [-0.2, -0.15) is 5.10 Å². The third kappa shape index (κ3) is 3.88. The highest BCUT2D eigenvalue weighted by Gasteiger charge is 2.06. The molecule has 3 rings (SSSR count). The van der Waals surface area contributed by atoms with Gasteiger partial charge in [0.25, 0.3) is 0 Å². The molecule has 0 aliphatic rings. The van der Waals surface area contributed by atoms with Gasteiger partial charge in [0.05, 0.1) is 0 Å². The molecule has 6 nitrogen and oxygen atoms in total. The lowest BCUT2D eigenvalue weighted by molar-refractivity contribution is -0.116. The highest BCUT2D eigenvalue weighted by molar-refractivity contribution is 5.91. The van der Waals surface area contributed by atoms with Crippen molar-refractivity contribution in [2.24, 2.45) is 0 Å². The summed E-state index contributed by atoms with van der Waals surface area (Å²) in [6.07, 6.45) is 11.8. The molecule has 0 saturated carbocycles. The maximum absolute atomic E-state index is 11.9. The van der Waals surface area contributed by atoms with Gasteiger partial charge in [0.2, 0.25) is 5.91 Å². The van der Waals surface area contributed by atoms with Crippen LogP contribution in [0.15, 0.2) is 67.4 Å². The lowest BCUT2D eigenvalue weighted by Crippen LogP contribution is -2.21. The van der Waals surface area contributed by atoms with Crippen LogP contribution in [0.2, 0.25) is 0 Å². The van der Waals surface area contributed by atoms with Crippen LogP contribution < -0.4 is 5.32 Å². The summed E-state index contributed by atoms with van der Waals surface area (Å²) in [6, 6.07) is 9.28. The Morgan fingerprint density at radius 1 is 1.17 bits per heavy atom. The molecule has 0 atom stereocenters. The van der Waals surface area contributed by atoms with E-state index in [0.717, 1.165) is 11.1 Å². The molecule has 0 aliphatic carbocycles. The number of nitrogens with zero attached hydrogens (tertiary/aromatic N) is 4. The molecular weight excluding hydrogens is 290 g/mol. The number of carbonyl (C=O) groups is 1. The molecule has 0 fully saturated rings. The number of nitrogens with one attached hydrogen (secondary N) is 1. The molecule has 0 aromatic carbocycles. The van der Waals surface area contributed by atoms with Crippen molar-refractivity contribution < 1.29 is 4.79 Å². The monoisotopic (exact) mass is 305 g/mol. The molecule has 23 heavy (non-hydrogen) atoms. The second kappa shape index (κ2) is 7.13. The van der Waals surface area contributed by atoms with Crippen LogP contribution in [0.1, 0.15) is 11.1 Å². The van der Waals surface area contributed by atoms with Gasteiger partial charge in [-0.3, -0.25) is 9.78 Å². The van der Waals surface area contributed by atoms with E-state index < -0.39 is 0 Å². The quantitative estimate of drug-likeness (QED) is 0.732. The molecule has 1 amide bonds. The number of carbonyl (C=O) groups excluding carboxylic acids is 1. The number of rotatable bonds is 5. The predicted octanol–water partition coefficient (Wildman–Crippen LogP) is 1.99. The molecule has 3 heterocycles. The van der Waals surface area contributed by atoms with Gasteiger partial charge in [-0.05, 0) is 29.8 Å². The minimum atomic E-state index is -0.177. The first-order valence-corrected chi connectivity index (χ1v) is 7.13. The Morgan fingerprint density at radius 3 is 2.87 bits per heavy atom. The average Bonchev–Trinajstić information content (AvgIpc) is 3.14. The summed E-state index contributed by atoms with van der Waals surface area (Å²) in [5.41, 5.74) is 1.76. The summed E-state index contributed by atoms with van der Waals surface area (Å²) in [6.45, 7) is 0.374. The summed E-state index contributed by atoms with van der Waals surface area (Å²) in [5.74, 6) is 0.526. The third-order valence-corrected chi connectivity index (χ3v) is 3.15. The van der Waals surface area contributed by atoms with Gasteiger partial charge < -0.3 is 5.32 Å². The lowest BCUT2D eigenvalue weighted by Gasteiger charge is -2.08. The van der Waals surface area contributed by atoms with Gasteiger partial charge in [0.1, 0.15) is 0 Å². The van der Waals surface area contributed by atoms with Crippen LogP contribution in [0.3, 0.4) is 0 Å². The topological polar surface area (TPSA) is 72.7 Å². The van der Waals surface area contributed by atoms with Crippen molar-refractivity contribution in [1.82, 2.24) is 25.1 Å². The second-order valence-electron chi connectivity index (χ2n) is 4.77. The number of pyridine rings is 2. The van der Waals surface area contributed by atoms with Gasteiger partial charge in [-0.1, -0.05) is 12.1 Å². The third-order valence-electron chi connectivity index (χ3n) is 3.15. The summed E-state index contributed by atoms with van der Waals surface area (Å²) >= 11 is 0. The Kier molecular flexibility index (Phi) is 4.54. The van der Waals surface area contributed by atoms with Crippen molar-refractivity contribution in [1.29, 1.82) is 0 Å². The highest BCUT2D eigenvalue weighted by atomic mass is 16.1. The van der Waals surface area contributed by atoms with E-state index in [1.54, 1.807) is 35.5 Å². The minimum absolute atomic E-state index is 0.177. The Labute approximate surface area is 133 Å². The lowest BCUT2D eigenvalue weighted by atomic mass is 10.2. The molecule has 0 bridgehead atoms. The molecule has 1 N–H and O–H groups in total. The maximum atomic E-state index is 11.9. The van der Waals surface area contributed by atoms with Crippen molar-refractivity contribution in [3.8, 4) is 5.82 Å². The molecule has 0 unspecified atom stereocenters. The fourth-order valence-corrected chi connectivity index (χ4v) is 2.06. The summed E-state index contributed by atoms with van der Waals surface area (Å²) in [4.78, 5) is 20.2. The van der Waals surface area contributed by atoms with E-state index in [0.29, 0.717) is 12.4 Å². The van der Waals surface area contributed by atoms with Crippen LogP contribution in [-0.4, -0.2) is 25.7 Å². The van der Waals surface area contributed by atoms with Gasteiger partial charge in [-0.15, -0.1) is 0 Å². The molecule has 0 aliphatic heterocycles. The van der Waals surface area contributed by atoms with Gasteiger partial charge in [-0.25, -0.2) is 9.67 Å². The molecule has 0 spiro atoms. The van der Waals surface area contributed by atoms with Crippen molar-refractivity contribution in [3.63, 3.8) is 0 Å². The Bertz CT molecular complexity index is 797. The number of aromatic nitrogens is 4. The van der Waals surface area contributed by atoms with E-state index >= 15 is 0 Å². The van der Waals surface area contributed by atoms with Crippen LogP contribution in [0.5, 0.6) is 0 Å². The molecule has 0 saturated heterocycles. The predicted molar refractivity (Wildman–Crippen MR) is 86.5 cm³/mol. The Balaban J connectivity index is 1.65. The number of amides is 1. The zero-order valence-corrected chi connectivity index (χ0v) is 12.3. The molecule has 114 valence electrons. The Morgan fingerprint density at radius 2 is 2.09 bits per heavy atom. The van der Waals surface area contributed by atoms with E-state index in [9.17, 15) is 4.79 Å². The minimum Gasteiger partial charge on any atom is -0.348 e. The first kappa shape index (κ1) is 14.6. The summed E-state index contributed by atoms with van der Waals surface area (Å²) < 4.78 is 1.67. The van der Waals surface area contributed by atoms with E-state index in [-0.39, 0.29) is 5.91 Å². The van der Waals surface area contributed by atoms with Crippen LogP contribution in [0.25, 0.3) is 11.9 Å². The standard InChI is InChI=1S/C17H15N5O/c23-16(7-6-14-4-1-8-18-12-14)20-13-15-5-2-9-19-17(15)22-11-3-10-21-22/h1-12H,13H2,(H,20,23)/b7-6+. The highest BCUT2D eigenvalue weighted by Crippen LogP contribution is 2.09. The summed E-state index contributed by atoms with van der Waals surface area (Å²) in [5, 5.41) is 7.02. The maximum Gasteiger partial charge on any atom is 0.244 e. The molecule has 6 heteroatoms. The van der Waals surface area contributed by atoms with Crippen LogP contribution in [-0.2, 0) is 11.3 Å². The second-order valence-corrected chi connectivity index (χ2v) is 4.77. The van der Waals surface area contributed by atoms with Crippen LogP contribution in [0.4, 0.5) is 0 Å². The van der Waals surface area contributed by atoms with Crippen molar-refractivity contribution in [2.45, 2.75) is 6.54 Å². The number of hydrogen-bond acceptors (Lipinski definition) is 4. The summed E-state index contributed by atoms with van der Waals surface area (Å²) in [7, 11) is 0. The fraction of sp³-hybridized carbons (Fsp3) is 0.0588. The van der Waals surface area contributed by atoms with Crippen molar-refractivity contribution in [2.75, 3.05) is 0 Å². The van der Waals surface area contributed by atoms with Gasteiger partial charge in [0, 0.05) is 49.2 Å². The van der Waals surface area contributed by atoms with E-state index in [1.165, 1.54) is 6.08 Å². The van der Waals surface area contributed by atoms with Gasteiger partial charge >= 0.3 is 0 Å². The SMILES string of the molecule is O=C(/C=C/c1cccnc1)NCc1cccnc1-n1cccn1. The van der Waals surface area contributed by atoms with Gasteiger partial charge in [0.15, 0.2) is 5.82 Å².